The zero-order valence-corrected chi connectivity index (χ0v) is 17.9. The van der Waals surface area contributed by atoms with E-state index in [9.17, 15) is 4.79 Å². The molecule has 0 bridgehead atoms. The summed E-state index contributed by atoms with van der Waals surface area (Å²) >= 11 is 0. The maximum absolute atomic E-state index is 12.2. The molecule has 1 saturated heterocycles. The molecule has 1 amide bonds. The third-order valence-electron chi connectivity index (χ3n) is 5.80. The second-order valence-corrected chi connectivity index (χ2v) is 8.19. The maximum Gasteiger partial charge on any atom is 0.237 e. The van der Waals surface area contributed by atoms with Gasteiger partial charge < -0.3 is 14.5 Å². The molecular formula is C24H31N3O3. The minimum absolute atomic E-state index is 0.0419. The minimum atomic E-state index is -0.0419. The van der Waals surface area contributed by atoms with Gasteiger partial charge in [-0.05, 0) is 49.2 Å². The lowest BCUT2D eigenvalue weighted by atomic mass is 10.1. The fourth-order valence-corrected chi connectivity index (χ4v) is 4.38. The Morgan fingerprint density at radius 3 is 3.00 bits per heavy atom. The minimum Gasteiger partial charge on any atom is -0.492 e. The molecule has 3 heterocycles. The second kappa shape index (κ2) is 9.49. The number of rotatable bonds is 6. The smallest absolute Gasteiger partial charge is 0.237 e. The van der Waals surface area contributed by atoms with Crippen molar-refractivity contribution in [2.45, 2.75) is 39.4 Å². The van der Waals surface area contributed by atoms with E-state index in [4.69, 9.17) is 9.15 Å². The van der Waals surface area contributed by atoms with Crippen LogP contribution in [0.1, 0.15) is 37.2 Å². The molecule has 1 fully saturated rings. The van der Waals surface area contributed by atoms with Gasteiger partial charge in [-0.1, -0.05) is 18.6 Å². The Labute approximate surface area is 178 Å². The number of fused-ring (bicyclic) bond motifs is 1. The van der Waals surface area contributed by atoms with Gasteiger partial charge in [-0.3, -0.25) is 14.6 Å². The van der Waals surface area contributed by atoms with Crippen molar-refractivity contribution in [3.63, 3.8) is 0 Å². The van der Waals surface area contributed by atoms with Gasteiger partial charge in [0.2, 0.25) is 5.91 Å². The van der Waals surface area contributed by atoms with Crippen molar-refractivity contribution >= 4 is 12.0 Å². The summed E-state index contributed by atoms with van der Waals surface area (Å²) in [4.78, 5) is 16.9. The van der Waals surface area contributed by atoms with Gasteiger partial charge in [0.15, 0.2) is 0 Å². The van der Waals surface area contributed by atoms with Crippen LogP contribution in [0.2, 0.25) is 0 Å². The first kappa shape index (κ1) is 20.7. The fourth-order valence-electron chi connectivity index (χ4n) is 4.38. The second-order valence-electron chi connectivity index (χ2n) is 8.19. The highest BCUT2D eigenvalue weighted by Crippen LogP contribution is 2.26. The van der Waals surface area contributed by atoms with Gasteiger partial charge in [0.25, 0.3) is 0 Å². The van der Waals surface area contributed by atoms with Crippen LogP contribution in [0.5, 0.6) is 5.75 Å². The van der Waals surface area contributed by atoms with E-state index < -0.39 is 0 Å². The van der Waals surface area contributed by atoms with Crippen LogP contribution in [0.3, 0.4) is 0 Å². The van der Waals surface area contributed by atoms with Crippen molar-refractivity contribution < 1.29 is 13.9 Å². The van der Waals surface area contributed by atoms with E-state index in [1.165, 1.54) is 16.7 Å². The molecule has 0 aliphatic carbocycles. The lowest BCUT2D eigenvalue weighted by molar-refractivity contribution is -0.129. The van der Waals surface area contributed by atoms with Crippen LogP contribution in [0.15, 0.2) is 46.6 Å². The summed E-state index contributed by atoms with van der Waals surface area (Å²) in [6.07, 6.45) is 4.62. The van der Waals surface area contributed by atoms with Crippen LogP contribution in [-0.4, -0.2) is 54.5 Å². The van der Waals surface area contributed by atoms with Gasteiger partial charge in [0.05, 0.1) is 12.3 Å². The highest BCUT2D eigenvalue weighted by atomic mass is 16.5. The van der Waals surface area contributed by atoms with Gasteiger partial charge in [-0.2, -0.15) is 0 Å². The lowest BCUT2D eigenvalue weighted by Gasteiger charge is -2.34. The average Bonchev–Trinajstić information content (AvgIpc) is 3.14. The number of piperazine rings is 1. The highest BCUT2D eigenvalue weighted by molar-refractivity contribution is 5.82. The van der Waals surface area contributed by atoms with Crippen LogP contribution in [-0.2, 0) is 17.9 Å². The summed E-state index contributed by atoms with van der Waals surface area (Å²) in [7, 11) is 0. The number of carbonyl (C=O) groups is 1. The Hall–Kier alpha value is -2.57. The number of hydrogen-bond donors (Lipinski definition) is 1. The molecule has 4 rings (SSSR count). The van der Waals surface area contributed by atoms with E-state index in [2.05, 4.69) is 53.2 Å². The molecule has 6 heteroatoms. The quantitative estimate of drug-likeness (QED) is 0.793. The maximum atomic E-state index is 12.2. The van der Waals surface area contributed by atoms with Gasteiger partial charge in [-0.25, -0.2) is 0 Å². The third kappa shape index (κ3) is 4.94. The van der Waals surface area contributed by atoms with Gasteiger partial charge in [0.1, 0.15) is 18.1 Å². The highest BCUT2D eigenvalue weighted by Gasteiger charge is 2.28. The summed E-state index contributed by atoms with van der Waals surface area (Å²) in [5.41, 5.74) is 3.70. The van der Waals surface area contributed by atoms with Crippen LogP contribution in [0, 0.1) is 0 Å². The normalized spacial score (nSPS) is 20.9. The molecule has 0 saturated carbocycles. The monoisotopic (exact) mass is 409 g/mol. The summed E-state index contributed by atoms with van der Waals surface area (Å²) in [5, 5.41) is 2.98. The molecule has 30 heavy (non-hydrogen) atoms. The topological polar surface area (TPSA) is 58.0 Å². The van der Waals surface area contributed by atoms with Crippen molar-refractivity contribution in [3.8, 4) is 5.75 Å². The molecule has 2 aromatic rings. The van der Waals surface area contributed by atoms with Gasteiger partial charge in [0, 0.05) is 44.8 Å². The fraction of sp³-hybridized carbons (Fsp3) is 0.458. The Balaban J connectivity index is 1.45. The first-order chi connectivity index (χ1) is 14.6. The molecule has 2 aliphatic rings. The van der Waals surface area contributed by atoms with Crippen molar-refractivity contribution in [2.75, 3.05) is 32.8 Å². The molecular weight excluding hydrogens is 378 g/mol. The first-order valence-corrected chi connectivity index (χ1v) is 10.8. The molecule has 1 aromatic heterocycles. The summed E-state index contributed by atoms with van der Waals surface area (Å²) in [6.45, 7) is 9.90. The summed E-state index contributed by atoms with van der Waals surface area (Å²) in [5.74, 6) is 2.00. The molecule has 6 nitrogen and oxygen atoms in total. The number of ether oxygens (including phenoxy) is 1. The molecule has 2 aliphatic heterocycles. The largest absolute Gasteiger partial charge is 0.492 e. The van der Waals surface area contributed by atoms with Crippen LogP contribution in [0.25, 0.3) is 6.08 Å². The molecule has 0 spiro atoms. The Morgan fingerprint density at radius 2 is 2.20 bits per heavy atom. The van der Waals surface area contributed by atoms with E-state index in [0.29, 0.717) is 6.61 Å². The van der Waals surface area contributed by atoms with Crippen LogP contribution < -0.4 is 10.1 Å². The average molecular weight is 410 g/mol. The van der Waals surface area contributed by atoms with Gasteiger partial charge in [-0.15, -0.1) is 0 Å². The number of carbonyl (C=O) groups excluding carboxylic acids is 1. The lowest BCUT2D eigenvalue weighted by Crippen LogP contribution is -2.54. The van der Waals surface area contributed by atoms with Crippen molar-refractivity contribution in [2.24, 2.45) is 0 Å². The van der Waals surface area contributed by atoms with Crippen molar-refractivity contribution in [1.82, 2.24) is 15.1 Å². The molecule has 1 unspecified atom stereocenters. The predicted molar refractivity (Wildman–Crippen MR) is 117 cm³/mol. The molecule has 1 N–H and O–H groups in total. The SMILES string of the molecule is CCC1C(=O)NCCN1Cc1ccc2c(c1)CN(CC(C)=Cc1ccco1)CCO2. The third-order valence-corrected chi connectivity index (χ3v) is 5.80. The Kier molecular flexibility index (Phi) is 6.55. The summed E-state index contributed by atoms with van der Waals surface area (Å²) < 4.78 is 11.4. The number of nitrogens with zero attached hydrogens (tertiary/aromatic N) is 2. The Morgan fingerprint density at radius 1 is 1.30 bits per heavy atom. The summed E-state index contributed by atoms with van der Waals surface area (Å²) in [6, 6.07) is 10.3. The molecule has 1 atom stereocenters. The predicted octanol–water partition coefficient (Wildman–Crippen LogP) is 3.29. The zero-order chi connectivity index (χ0) is 20.9. The number of hydrogen-bond acceptors (Lipinski definition) is 5. The Bertz CT molecular complexity index is 891. The van der Waals surface area contributed by atoms with E-state index in [0.717, 1.165) is 57.2 Å². The van der Waals surface area contributed by atoms with Crippen LogP contribution in [0.4, 0.5) is 0 Å². The van der Waals surface area contributed by atoms with Gasteiger partial charge >= 0.3 is 0 Å². The standard InChI is InChI=1S/C24H31N3O3/c1-3-22-24(28)25-8-9-27(22)16-19-6-7-23-20(14-19)17-26(10-12-30-23)15-18(2)13-21-5-4-11-29-21/h4-7,11,13-14,22H,3,8-10,12,15-17H2,1-2H3,(H,25,28). The van der Waals surface area contributed by atoms with E-state index in [1.54, 1.807) is 6.26 Å². The number of nitrogens with one attached hydrogen (secondary N) is 1. The molecule has 160 valence electrons. The number of furan rings is 1. The zero-order valence-electron chi connectivity index (χ0n) is 17.9. The van der Waals surface area contributed by atoms with Crippen molar-refractivity contribution in [3.05, 3.63) is 59.1 Å². The first-order valence-electron chi connectivity index (χ1n) is 10.8. The molecule has 1 aromatic carbocycles. The van der Waals surface area contributed by atoms with Crippen LogP contribution >= 0.6 is 0 Å². The molecule has 0 radical (unpaired) electrons. The van der Waals surface area contributed by atoms with E-state index in [1.807, 2.05) is 12.1 Å². The number of amides is 1. The van der Waals surface area contributed by atoms with E-state index >= 15 is 0 Å². The van der Waals surface area contributed by atoms with Crippen molar-refractivity contribution in [1.29, 1.82) is 0 Å². The van der Waals surface area contributed by atoms with E-state index in [-0.39, 0.29) is 11.9 Å². The number of benzene rings is 1.